The Labute approximate surface area is 113 Å². The molecule has 3 rings (SSSR count). The van der Waals surface area contributed by atoms with Crippen molar-refractivity contribution in [2.24, 2.45) is 0 Å². The highest BCUT2D eigenvalue weighted by Crippen LogP contribution is 2.29. The van der Waals surface area contributed by atoms with Gasteiger partial charge in [-0.1, -0.05) is 0 Å². The minimum absolute atomic E-state index is 0.708. The lowest BCUT2D eigenvalue weighted by molar-refractivity contribution is 0.573. The van der Waals surface area contributed by atoms with Gasteiger partial charge >= 0.3 is 0 Å². The van der Waals surface area contributed by atoms with Crippen LogP contribution in [0.4, 0.5) is 5.82 Å². The zero-order valence-electron chi connectivity index (χ0n) is 11.5. The fraction of sp³-hybridized carbons (Fsp3) is 0.467. The molecule has 100 valence electrons. The van der Waals surface area contributed by atoms with Gasteiger partial charge in [-0.25, -0.2) is 9.97 Å². The molecule has 0 radical (unpaired) electrons. The number of anilines is 1. The molecule has 0 saturated carbocycles. The molecule has 0 aliphatic heterocycles. The normalized spacial score (nSPS) is 14.2. The van der Waals surface area contributed by atoms with Gasteiger partial charge in [-0.05, 0) is 51.2 Å². The second-order valence-corrected chi connectivity index (χ2v) is 4.99. The summed E-state index contributed by atoms with van der Waals surface area (Å²) in [5, 5.41) is 3.36. The van der Waals surface area contributed by atoms with Gasteiger partial charge in [-0.2, -0.15) is 0 Å². The van der Waals surface area contributed by atoms with Crippen molar-refractivity contribution < 1.29 is 4.42 Å². The molecular formula is C15H19N3O. The van der Waals surface area contributed by atoms with Crippen LogP contribution in [-0.4, -0.2) is 16.5 Å². The molecule has 0 amide bonds. The van der Waals surface area contributed by atoms with Crippen molar-refractivity contribution in [2.75, 3.05) is 11.9 Å². The van der Waals surface area contributed by atoms with E-state index in [1.165, 1.54) is 24.1 Å². The Balaban J connectivity index is 2.11. The van der Waals surface area contributed by atoms with Gasteiger partial charge in [-0.3, -0.25) is 0 Å². The molecular weight excluding hydrogens is 238 g/mol. The maximum atomic E-state index is 5.52. The first-order valence-electron chi connectivity index (χ1n) is 6.97. The summed E-state index contributed by atoms with van der Waals surface area (Å²) in [6, 6.07) is 1.95. The number of rotatable bonds is 3. The van der Waals surface area contributed by atoms with E-state index < -0.39 is 0 Å². The van der Waals surface area contributed by atoms with E-state index in [0.717, 1.165) is 36.5 Å². The predicted octanol–water partition coefficient (Wildman–Crippen LogP) is 3.36. The largest absolute Gasteiger partial charge is 0.461 e. The van der Waals surface area contributed by atoms with E-state index in [4.69, 9.17) is 9.40 Å². The van der Waals surface area contributed by atoms with Crippen molar-refractivity contribution in [2.45, 2.75) is 39.5 Å². The Morgan fingerprint density at radius 1 is 1.26 bits per heavy atom. The Morgan fingerprint density at radius 3 is 2.84 bits per heavy atom. The molecule has 2 aromatic rings. The van der Waals surface area contributed by atoms with Crippen LogP contribution in [0, 0.1) is 6.92 Å². The maximum absolute atomic E-state index is 5.52. The smallest absolute Gasteiger partial charge is 0.198 e. The molecule has 0 saturated heterocycles. The zero-order valence-corrected chi connectivity index (χ0v) is 11.5. The zero-order chi connectivity index (χ0) is 13.2. The Hall–Kier alpha value is -1.84. The molecule has 0 unspecified atom stereocenters. The summed E-state index contributed by atoms with van der Waals surface area (Å²) >= 11 is 0. The van der Waals surface area contributed by atoms with Crippen molar-refractivity contribution in [3.63, 3.8) is 0 Å². The van der Waals surface area contributed by atoms with Crippen LogP contribution in [0.15, 0.2) is 16.7 Å². The van der Waals surface area contributed by atoms with Crippen molar-refractivity contribution >= 4 is 5.82 Å². The molecule has 19 heavy (non-hydrogen) atoms. The van der Waals surface area contributed by atoms with Crippen LogP contribution in [0.5, 0.6) is 0 Å². The number of fused-ring (bicyclic) bond motifs is 1. The molecule has 4 heteroatoms. The molecule has 2 heterocycles. The minimum Gasteiger partial charge on any atom is -0.461 e. The lowest BCUT2D eigenvalue weighted by atomic mass is 9.96. The highest BCUT2D eigenvalue weighted by atomic mass is 16.3. The van der Waals surface area contributed by atoms with E-state index in [1.807, 2.05) is 13.0 Å². The number of aryl methyl sites for hydroxylation is 2. The van der Waals surface area contributed by atoms with E-state index in [0.29, 0.717) is 5.82 Å². The van der Waals surface area contributed by atoms with E-state index in [-0.39, 0.29) is 0 Å². The van der Waals surface area contributed by atoms with Crippen molar-refractivity contribution in [3.8, 4) is 11.6 Å². The molecule has 1 aliphatic rings. The van der Waals surface area contributed by atoms with Crippen LogP contribution in [0.2, 0.25) is 0 Å². The lowest BCUT2D eigenvalue weighted by Gasteiger charge is -2.19. The lowest BCUT2D eigenvalue weighted by Crippen LogP contribution is -2.13. The third-order valence-electron chi connectivity index (χ3n) is 3.59. The van der Waals surface area contributed by atoms with E-state index in [2.05, 4.69) is 17.2 Å². The quantitative estimate of drug-likeness (QED) is 0.916. The standard InChI is InChI=1S/C15H19N3O/c1-3-16-14-11-6-4-5-7-12(11)17-15(18-14)13-10(2)8-9-19-13/h8-9H,3-7H2,1-2H3,(H,16,17,18). The number of nitrogens with one attached hydrogen (secondary N) is 1. The van der Waals surface area contributed by atoms with Gasteiger partial charge < -0.3 is 9.73 Å². The summed E-state index contributed by atoms with van der Waals surface area (Å²) in [6.07, 6.45) is 6.26. The van der Waals surface area contributed by atoms with Gasteiger partial charge in [0, 0.05) is 17.8 Å². The SMILES string of the molecule is CCNc1nc(-c2occc2C)nc2c1CCCC2. The van der Waals surface area contributed by atoms with Gasteiger partial charge in [-0.15, -0.1) is 0 Å². The molecule has 0 bridgehead atoms. The van der Waals surface area contributed by atoms with Crippen LogP contribution in [-0.2, 0) is 12.8 Å². The number of nitrogens with zero attached hydrogens (tertiary/aromatic N) is 2. The molecule has 1 aliphatic carbocycles. The van der Waals surface area contributed by atoms with Crippen molar-refractivity contribution in [3.05, 3.63) is 29.2 Å². The van der Waals surface area contributed by atoms with Crippen LogP contribution in [0.3, 0.4) is 0 Å². The van der Waals surface area contributed by atoms with Crippen LogP contribution >= 0.6 is 0 Å². The molecule has 4 nitrogen and oxygen atoms in total. The monoisotopic (exact) mass is 257 g/mol. The fourth-order valence-electron chi connectivity index (χ4n) is 2.61. The molecule has 0 atom stereocenters. The third-order valence-corrected chi connectivity index (χ3v) is 3.59. The number of hydrogen-bond acceptors (Lipinski definition) is 4. The molecule has 0 spiro atoms. The minimum atomic E-state index is 0.708. The first-order valence-corrected chi connectivity index (χ1v) is 6.97. The average molecular weight is 257 g/mol. The van der Waals surface area contributed by atoms with E-state index in [9.17, 15) is 0 Å². The first-order chi connectivity index (χ1) is 9.29. The highest BCUT2D eigenvalue weighted by Gasteiger charge is 2.19. The van der Waals surface area contributed by atoms with Crippen LogP contribution in [0.1, 0.15) is 36.6 Å². The van der Waals surface area contributed by atoms with Gasteiger partial charge in [0.05, 0.1) is 6.26 Å². The van der Waals surface area contributed by atoms with Crippen molar-refractivity contribution in [1.29, 1.82) is 0 Å². The van der Waals surface area contributed by atoms with Gasteiger partial charge in [0.1, 0.15) is 5.82 Å². The van der Waals surface area contributed by atoms with Gasteiger partial charge in [0.25, 0.3) is 0 Å². The van der Waals surface area contributed by atoms with Gasteiger partial charge in [0.15, 0.2) is 11.6 Å². The molecule has 1 N–H and O–H groups in total. The van der Waals surface area contributed by atoms with E-state index in [1.54, 1.807) is 6.26 Å². The summed E-state index contributed by atoms with van der Waals surface area (Å²) in [5.74, 6) is 2.48. The van der Waals surface area contributed by atoms with Crippen molar-refractivity contribution in [1.82, 2.24) is 9.97 Å². The highest BCUT2D eigenvalue weighted by molar-refractivity contribution is 5.58. The van der Waals surface area contributed by atoms with Crippen LogP contribution < -0.4 is 5.32 Å². The second kappa shape index (κ2) is 5.03. The number of hydrogen-bond donors (Lipinski definition) is 1. The fourth-order valence-corrected chi connectivity index (χ4v) is 2.61. The maximum Gasteiger partial charge on any atom is 0.198 e. The summed E-state index contributed by atoms with van der Waals surface area (Å²) < 4.78 is 5.52. The summed E-state index contributed by atoms with van der Waals surface area (Å²) in [5.41, 5.74) is 3.56. The molecule has 2 aromatic heterocycles. The Morgan fingerprint density at radius 2 is 2.11 bits per heavy atom. The average Bonchev–Trinajstić information content (AvgIpc) is 2.85. The summed E-state index contributed by atoms with van der Waals surface area (Å²) in [4.78, 5) is 9.38. The third kappa shape index (κ3) is 2.23. The Bertz CT molecular complexity index is 589. The van der Waals surface area contributed by atoms with Gasteiger partial charge in [0.2, 0.25) is 0 Å². The van der Waals surface area contributed by atoms with Crippen LogP contribution in [0.25, 0.3) is 11.6 Å². The Kier molecular flexibility index (Phi) is 3.23. The number of aromatic nitrogens is 2. The topological polar surface area (TPSA) is 51.0 Å². The second-order valence-electron chi connectivity index (χ2n) is 4.99. The first kappa shape index (κ1) is 12.2. The summed E-state index contributed by atoms with van der Waals surface area (Å²) in [6.45, 7) is 4.99. The summed E-state index contributed by atoms with van der Waals surface area (Å²) in [7, 11) is 0. The molecule has 0 fully saturated rings. The molecule has 0 aromatic carbocycles. The number of furan rings is 1. The van der Waals surface area contributed by atoms with E-state index >= 15 is 0 Å². The predicted molar refractivity (Wildman–Crippen MR) is 75.3 cm³/mol.